The number of fused-ring (bicyclic) bond motifs is 2. The van der Waals surface area contributed by atoms with Crippen LogP contribution in [0.3, 0.4) is 0 Å². The number of pyridine rings is 1. The van der Waals surface area contributed by atoms with Crippen molar-refractivity contribution in [2.24, 2.45) is 0 Å². The van der Waals surface area contributed by atoms with E-state index in [0.29, 0.717) is 47.3 Å². The molecule has 0 bridgehead atoms. The van der Waals surface area contributed by atoms with Crippen molar-refractivity contribution in [1.82, 2.24) is 15.2 Å². The average Bonchev–Trinajstić information content (AvgIpc) is 2.94. The van der Waals surface area contributed by atoms with Crippen LogP contribution in [0.25, 0.3) is 11.1 Å². The molecule has 2 aliphatic rings. The molecule has 5 rings (SSSR count). The van der Waals surface area contributed by atoms with Gasteiger partial charge in [-0.25, -0.2) is 4.39 Å². The Hall–Kier alpha value is -4.07. The van der Waals surface area contributed by atoms with Gasteiger partial charge in [-0.05, 0) is 48.7 Å². The predicted octanol–water partition coefficient (Wildman–Crippen LogP) is 3.24. The van der Waals surface area contributed by atoms with Crippen LogP contribution in [0.4, 0.5) is 10.1 Å². The lowest BCUT2D eigenvalue weighted by molar-refractivity contribution is -0.121. The van der Waals surface area contributed by atoms with Crippen LogP contribution in [0, 0.1) is 5.82 Å². The van der Waals surface area contributed by atoms with Gasteiger partial charge in [0.15, 0.2) is 0 Å². The Bertz CT molecular complexity index is 1250. The molecule has 2 N–H and O–H groups in total. The van der Waals surface area contributed by atoms with Gasteiger partial charge >= 0.3 is 0 Å². The van der Waals surface area contributed by atoms with E-state index in [1.165, 1.54) is 6.07 Å². The quantitative estimate of drug-likeness (QED) is 0.649. The third kappa shape index (κ3) is 3.95. The molecule has 2 unspecified atom stereocenters. The molecular weight excluding hydrogens is 423 g/mol. The van der Waals surface area contributed by atoms with Gasteiger partial charge in [-0.1, -0.05) is 24.3 Å². The van der Waals surface area contributed by atoms with E-state index in [2.05, 4.69) is 15.6 Å². The maximum Gasteiger partial charge on any atom is 0.256 e. The van der Waals surface area contributed by atoms with Crippen LogP contribution in [0.15, 0.2) is 67.0 Å². The predicted molar refractivity (Wildman–Crippen MR) is 120 cm³/mol. The van der Waals surface area contributed by atoms with Crippen LogP contribution in [0.1, 0.15) is 33.6 Å². The lowest BCUT2D eigenvalue weighted by atomic mass is 9.95. The SMILES string of the molecule is O=C(NC1CCN2C(=O)c3cc(-c4ccccc4F)ccc3NC(=O)C2C1)c1ccncc1. The van der Waals surface area contributed by atoms with Crippen molar-refractivity contribution in [3.05, 3.63) is 83.9 Å². The summed E-state index contributed by atoms with van der Waals surface area (Å²) in [7, 11) is 0. The number of hydrogen-bond acceptors (Lipinski definition) is 4. The number of nitrogens with one attached hydrogen (secondary N) is 2. The first-order valence-electron chi connectivity index (χ1n) is 10.7. The summed E-state index contributed by atoms with van der Waals surface area (Å²) < 4.78 is 14.3. The Morgan fingerprint density at radius 1 is 1.06 bits per heavy atom. The highest BCUT2D eigenvalue weighted by Crippen LogP contribution is 2.32. The van der Waals surface area contributed by atoms with Gasteiger partial charge in [0.25, 0.3) is 11.8 Å². The van der Waals surface area contributed by atoms with E-state index in [0.717, 1.165) is 0 Å². The van der Waals surface area contributed by atoms with E-state index in [1.807, 2.05) is 0 Å². The average molecular weight is 444 g/mol. The number of amides is 3. The number of piperidine rings is 1. The molecule has 7 nitrogen and oxygen atoms in total. The molecule has 2 aliphatic heterocycles. The summed E-state index contributed by atoms with van der Waals surface area (Å²) in [5.74, 6) is -1.21. The molecule has 0 radical (unpaired) electrons. The lowest BCUT2D eigenvalue weighted by Gasteiger charge is -2.37. The highest BCUT2D eigenvalue weighted by Gasteiger charge is 2.40. The molecule has 33 heavy (non-hydrogen) atoms. The van der Waals surface area contributed by atoms with Gasteiger partial charge in [0.1, 0.15) is 11.9 Å². The lowest BCUT2D eigenvalue weighted by Crippen LogP contribution is -2.55. The minimum Gasteiger partial charge on any atom is -0.349 e. The number of anilines is 1. The number of nitrogens with zero attached hydrogens (tertiary/aromatic N) is 2. The van der Waals surface area contributed by atoms with E-state index in [1.54, 1.807) is 65.8 Å². The molecule has 1 saturated heterocycles. The molecule has 166 valence electrons. The Labute approximate surface area is 189 Å². The number of carbonyl (C=O) groups excluding carboxylic acids is 3. The molecule has 2 aromatic carbocycles. The number of aromatic nitrogens is 1. The Kier molecular flexibility index (Phi) is 5.34. The smallest absolute Gasteiger partial charge is 0.256 e. The fourth-order valence-electron chi connectivity index (χ4n) is 4.42. The van der Waals surface area contributed by atoms with Crippen molar-refractivity contribution in [3.63, 3.8) is 0 Å². The van der Waals surface area contributed by atoms with Crippen LogP contribution in [-0.4, -0.2) is 46.2 Å². The molecule has 1 aromatic heterocycles. The zero-order valence-electron chi connectivity index (χ0n) is 17.6. The molecule has 3 aromatic rings. The van der Waals surface area contributed by atoms with Gasteiger partial charge in [0.2, 0.25) is 5.91 Å². The van der Waals surface area contributed by atoms with E-state index in [4.69, 9.17) is 0 Å². The molecule has 0 aliphatic carbocycles. The fourth-order valence-corrected chi connectivity index (χ4v) is 4.42. The van der Waals surface area contributed by atoms with Crippen LogP contribution < -0.4 is 10.6 Å². The molecule has 3 heterocycles. The highest BCUT2D eigenvalue weighted by atomic mass is 19.1. The second kappa shape index (κ2) is 8.46. The second-order valence-corrected chi connectivity index (χ2v) is 8.17. The number of halogens is 1. The van der Waals surface area contributed by atoms with Gasteiger partial charge in [-0.15, -0.1) is 0 Å². The summed E-state index contributed by atoms with van der Waals surface area (Å²) in [6, 6.07) is 13.6. The van der Waals surface area contributed by atoms with Crippen molar-refractivity contribution >= 4 is 23.4 Å². The topological polar surface area (TPSA) is 91.4 Å². The molecule has 0 saturated carbocycles. The van der Waals surface area contributed by atoms with Crippen molar-refractivity contribution < 1.29 is 18.8 Å². The zero-order valence-corrected chi connectivity index (χ0v) is 17.6. The Morgan fingerprint density at radius 3 is 2.64 bits per heavy atom. The first-order chi connectivity index (χ1) is 16.0. The minimum atomic E-state index is -0.710. The van der Waals surface area contributed by atoms with Crippen LogP contribution >= 0.6 is 0 Å². The molecule has 1 fully saturated rings. The normalized spacial score (nSPS) is 19.7. The van der Waals surface area contributed by atoms with Crippen molar-refractivity contribution in [3.8, 4) is 11.1 Å². The van der Waals surface area contributed by atoms with E-state index in [9.17, 15) is 18.8 Å². The first kappa shape index (κ1) is 20.8. The number of benzene rings is 2. The minimum absolute atomic E-state index is 0.242. The number of rotatable bonds is 3. The second-order valence-electron chi connectivity index (χ2n) is 8.17. The highest BCUT2D eigenvalue weighted by molar-refractivity contribution is 6.10. The molecule has 8 heteroatoms. The monoisotopic (exact) mass is 444 g/mol. The maximum atomic E-state index is 14.3. The van der Waals surface area contributed by atoms with Crippen molar-refractivity contribution in [1.29, 1.82) is 0 Å². The Balaban J connectivity index is 1.38. The maximum absolute atomic E-state index is 14.3. The van der Waals surface area contributed by atoms with E-state index in [-0.39, 0.29) is 29.6 Å². The van der Waals surface area contributed by atoms with Crippen LogP contribution in [-0.2, 0) is 4.79 Å². The summed E-state index contributed by atoms with van der Waals surface area (Å²) in [6.07, 6.45) is 3.92. The molecule has 3 amide bonds. The third-order valence-corrected chi connectivity index (χ3v) is 6.14. The number of hydrogen-bond donors (Lipinski definition) is 2. The van der Waals surface area contributed by atoms with Gasteiger partial charge in [-0.2, -0.15) is 0 Å². The fraction of sp³-hybridized carbons (Fsp3) is 0.200. The molecule has 2 atom stereocenters. The summed E-state index contributed by atoms with van der Waals surface area (Å²) in [5, 5.41) is 5.79. The summed E-state index contributed by atoms with van der Waals surface area (Å²) >= 11 is 0. The third-order valence-electron chi connectivity index (χ3n) is 6.14. The van der Waals surface area contributed by atoms with Crippen LogP contribution in [0.2, 0.25) is 0 Å². The van der Waals surface area contributed by atoms with Crippen LogP contribution in [0.5, 0.6) is 0 Å². The number of carbonyl (C=O) groups is 3. The van der Waals surface area contributed by atoms with Gasteiger partial charge in [-0.3, -0.25) is 19.4 Å². The van der Waals surface area contributed by atoms with Crippen molar-refractivity contribution in [2.75, 3.05) is 11.9 Å². The standard InChI is InChI=1S/C25H21FN4O3/c26-20-4-2-1-3-18(20)16-5-6-21-19(13-16)25(33)30-12-9-17(14-22(30)24(32)29-21)28-23(31)15-7-10-27-11-8-15/h1-8,10-11,13,17,22H,9,12,14H2,(H,28,31)(H,29,32). The van der Waals surface area contributed by atoms with E-state index >= 15 is 0 Å². The largest absolute Gasteiger partial charge is 0.349 e. The first-order valence-corrected chi connectivity index (χ1v) is 10.7. The summed E-state index contributed by atoms with van der Waals surface area (Å²) in [5.41, 5.74) is 2.16. The van der Waals surface area contributed by atoms with Gasteiger partial charge < -0.3 is 15.5 Å². The van der Waals surface area contributed by atoms with E-state index < -0.39 is 6.04 Å². The summed E-state index contributed by atoms with van der Waals surface area (Å²) in [6.45, 7) is 0.321. The van der Waals surface area contributed by atoms with Crippen molar-refractivity contribution in [2.45, 2.75) is 24.9 Å². The Morgan fingerprint density at radius 2 is 1.85 bits per heavy atom. The van der Waals surface area contributed by atoms with Gasteiger partial charge in [0, 0.05) is 36.1 Å². The summed E-state index contributed by atoms with van der Waals surface area (Å²) in [4.78, 5) is 44.3. The zero-order chi connectivity index (χ0) is 22.9. The molecule has 0 spiro atoms. The van der Waals surface area contributed by atoms with Gasteiger partial charge in [0.05, 0.1) is 11.3 Å². The molecular formula is C25H21FN4O3.